The molecule has 1 N–H and O–H groups in total. The second-order valence-electron chi connectivity index (χ2n) is 4.54. The number of hydrogen-bond donors (Lipinski definition) is 1. The third kappa shape index (κ3) is 9.35. The van der Waals surface area contributed by atoms with Crippen molar-refractivity contribution in [2.45, 2.75) is 40.5 Å². The number of rotatable bonds is 4. The van der Waals surface area contributed by atoms with Crippen LogP contribution in [0.15, 0.2) is 23.8 Å². The van der Waals surface area contributed by atoms with E-state index < -0.39 is 0 Å². The molecule has 0 atom stereocenters. The molecule has 76 valence electrons. The molecule has 0 spiro atoms. The molecule has 1 nitrogen and oxygen atoms in total. The standard InChI is InChI=1S/C12H22O/c1-11(8-10-13)7-5-6-9-12(2,3)4/h6,8-9,13H,5,7,10H2,1-4H3/b9-6+,11-8-. The Morgan fingerprint density at radius 3 is 2.38 bits per heavy atom. The first-order chi connectivity index (χ1) is 5.95. The van der Waals surface area contributed by atoms with Gasteiger partial charge in [-0.05, 0) is 25.2 Å². The van der Waals surface area contributed by atoms with E-state index in [1.165, 1.54) is 5.57 Å². The quantitative estimate of drug-likeness (QED) is 0.661. The summed E-state index contributed by atoms with van der Waals surface area (Å²) in [4.78, 5) is 0. The highest BCUT2D eigenvalue weighted by Gasteiger charge is 2.02. The Bertz CT molecular complexity index is 182. The number of aliphatic hydroxyl groups excluding tert-OH is 1. The lowest BCUT2D eigenvalue weighted by Gasteiger charge is -2.10. The maximum absolute atomic E-state index is 8.63. The van der Waals surface area contributed by atoms with Crippen molar-refractivity contribution in [1.29, 1.82) is 0 Å². The van der Waals surface area contributed by atoms with E-state index in [2.05, 4.69) is 39.8 Å². The second-order valence-corrected chi connectivity index (χ2v) is 4.54. The van der Waals surface area contributed by atoms with Crippen LogP contribution in [0.1, 0.15) is 40.5 Å². The topological polar surface area (TPSA) is 20.2 Å². The SMILES string of the molecule is C/C(=C/CO)CC/C=C/C(C)(C)C. The monoisotopic (exact) mass is 182 g/mol. The molecule has 0 saturated carbocycles. The van der Waals surface area contributed by atoms with E-state index in [4.69, 9.17) is 5.11 Å². The highest BCUT2D eigenvalue weighted by atomic mass is 16.2. The van der Waals surface area contributed by atoms with Crippen molar-refractivity contribution < 1.29 is 5.11 Å². The van der Waals surface area contributed by atoms with Gasteiger partial charge in [0.1, 0.15) is 0 Å². The first-order valence-electron chi connectivity index (χ1n) is 4.90. The fourth-order valence-corrected chi connectivity index (χ4v) is 1.01. The molecular formula is C12H22O. The van der Waals surface area contributed by atoms with Gasteiger partial charge in [-0.1, -0.05) is 44.6 Å². The summed E-state index contributed by atoms with van der Waals surface area (Å²) in [5, 5.41) is 8.63. The molecule has 0 aromatic rings. The maximum Gasteiger partial charge on any atom is 0.0614 e. The fraction of sp³-hybridized carbons (Fsp3) is 0.667. The van der Waals surface area contributed by atoms with Gasteiger partial charge in [-0.15, -0.1) is 0 Å². The van der Waals surface area contributed by atoms with E-state index in [0.717, 1.165) is 12.8 Å². The summed E-state index contributed by atoms with van der Waals surface area (Å²) in [6.07, 6.45) is 8.44. The van der Waals surface area contributed by atoms with Crippen molar-refractivity contribution in [1.82, 2.24) is 0 Å². The van der Waals surface area contributed by atoms with Crippen molar-refractivity contribution in [3.63, 3.8) is 0 Å². The van der Waals surface area contributed by atoms with Crippen LogP contribution in [0, 0.1) is 5.41 Å². The number of hydrogen-bond acceptors (Lipinski definition) is 1. The van der Waals surface area contributed by atoms with Crippen molar-refractivity contribution in [3.8, 4) is 0 Å². The van der Waals surface area contributed by atoms with Crippen molar-refractivity contribution in [2.24, 2.45) is 5.41 Å². The van der Waals surface area contributed by atoms with E-state index in [1.54, 1.807) is 0 Å². The highest BCUT2D eigenvalue weighted by molar-refractivity contribution is 5.01. The predicted octanol–water partition coefficient (Wildman–Crippen LogP) is 3.31. The number of aliphatic hydroxyl groups is 1. The van der Waals surface area contributed by atoms with Crippen LogP contribution in [0.2, 0.25) is 0 Å². The van der Waals surface area contributed by atoms with Gasteiger partial charge in [0, 0.05) is 0 Å². The van der Waals surface area contributed by atoms with E-state index in [1.807, 2.05) is 6.08 Å². The molecule has 0 rings (SSSR count). The molecule has 0 unspecified atom stereocenters. The highest BCUT2D eigenvalue weighted by Crippen LogP contribution is 2.15. The molecular weight excluding hydrogens is 160 g/mol. The van der Waals surface area contributed by atoms with Gasteiger partial charge in [-0.3, -0.25) is 0 Å². The van der Waals surface area contributed by atoms with Gasteiger partial charge in [0.25, 0.3) is 0 Å². The van der Waals surface area contributed by atoms with E-state index in [9.17, 15) is 0 Å². The lowest BCUT2D eigenvalue weighted by molar-refractivity contribution is 0.341. The first kappa shape index (κ1) is 12.4. The van der Waals surface area contributed by atoms with Gasteiger partial charge in [0.2, 0.25) is 0 Å². The molecule has 0 aliphatic rings. The molecule has 1 heteroatoms. The molecule has 0 bridgehead atoms. The average molecular weight is 182 g/mol. The van der Waals surface area contributed by atoms with E-state index in [0.29, 0.717) is 0 Å². The van der Waals surface area contributed by atoms with Gasteiger partial charge in [-0.2, -0.15) is 0 Å². The van der Waals surface area contributed by atoms with Crippen molar-refractivity contribution >= 4 is 0 Å². The Labute approximate surface area is 82.2 Å². The Morgan fingerprint density at radius 2 is 1.92 bits per heavy atom. The lowest BCUT2D eigenvalue weighted by Crippen LogP contribution is -1.98. The molecule has 0 aliphatic heterocycles. The van der Waals surface area contributed by atoms with Gasteiger partial charge in [0.05, 0.1) is 6.61 Å². The summed E-state index contributed by atoms with van der Waals surface area (Å²) in [7, 11) is 0. The van der Waals surface area contributed by atoms with Gasteiger partial charge < -0.3 is 5.11 Å². The van der Waals surface area contributed by atoms with Crippen LogP contribution in [-0.4, -0.2) is 11.7 Å². The summed E-state index contributed by atoms with van der Waals surface area (Å²) >= 11 is 0. The van der Waals surface area contributed by atoms with Crippen LogP contribution < -0.4 is 0 Å². The maximum atomic E-state index is 8.63. The van der Waals surface area contributed by atoms with Crippen LogP contribution in [-0.2, 0) is 0 Å². The lowest BCUT2D eigenvalue weighted by atomic mass is 9.95. The largest absolute Gasteiger partial charge is 0.392 e. The minimum atomic E-state index is 0.162. The Balaban J connectivity index is 3.68. The normalized spacial score (nSPS) is 14.1. The zero-order valence-corrected chi connectivity index (χ0v) is 9.30. The zero-order chi connectivity index (χ0) is 10.3. The smallest absolute Gasteiger partial charge is 0.0614 e. The molecule has 0 fully saturated rings. The molecule has 0 radical (unpaired) electrons. The molecule has 0 aromatic heterocycles. The Hall–Kier alpha value is -0.560. The molecule has 0 saturated heterocycles. The fourth-order valence-electron chi connectivity index (χ4n) is 1.01. The minimum absolute atomic E-state index is 0.162. The zero-order valence-electron chi connectivity index (χ0n) is 9.30. The van der Waals surface area contributed by atoms with Crippen LogP contribution in [0.4, 0.5) is 0 Å². The van der Waals surface area contributed by atoms with Gasteiger partial charge in [0.15, 0.2) is 0 Å². The molecule has 0 aliphatic carbocycles. The van der Waals surface area contributed by atoms with Crippen LogP contribution in [0.5, 0.6) is 0 Å². The minimum Gasteiger partial charge on any atom is -0.392 e. The first-order valence-corrected chi connectivity index (χ1v) is 4.90. The molecule has 0 amide bonds. The van der Waals surface area contributed by atoms with Crippen LogP contribution in [0.3, 0.4) is 0 Å². The van der Waals surface area contributed by atoms with Gasteiger partial charge >= 0.3 is 0 Å². The molecule has 0 aromatic carbocycles. The van der Waals surface area contributed by atoms with Crippen LogP contribution >= 0.6 is 0 Å². The summed E-state index contributed by atoms with van der Waals surface area (Å²) in [6, 6.07) is 0. The molecule has 13 heavy (non-hydrogen) atoms. The summed E-state index contributed by atoms with van der Waals surface area (Å²) in [6.45, 7) is 8.80. The predicted molar refractivity (Wildman–Crippen MR) is 58.7 cm³/mol. The summed E-state index contributed by atoms with van der Waals surface area (Å²) in [5.74, 6) is 0. The van der Waals surface area contributed by atoms with Crippen molar-refractivity contribution in [2.75, 3.05) is 6.61 Å². The second kappa shape index (κ2) is 5.98. The van der Waals surface area contributed by atoms with Crippen molar-refractivity contribution in [3.05, 3.63) is 23.8 Å². The third-order valence-electron chi connectivity index (χ3n) is 1.76. The van der Waals surface area contributed by atoms with E-state index in [-0.39, 0.29) is 12.0 Å². The van der Waals surface area contributed by atoms with Crippen LogP contribution in [0.25, 0.3) is 0 Å². The summed E-state index contributed by atoms with van der Waals surface area (Å²) in [5.41, 5.74) is 1.55. The summed E-state index contributed by atoms with van der Waals surface area (Å²) < 4.78 is 0. The Morgan fingerprint density at radius 1 is 1.31 bits per heavy atom. The Kier molecular flexibility index (Phi) is 5.72. The third-order valence-corrected chi connectivity index (χ3v) is 1.76. The van der Waals surface area contributed by atoms with Gasteiger partial charge in [-0.25, -0.2) is 0 Å². The molecule has 0 heterocycles. The van der Waals surface area contributed by atoms with E-state index >= 15 is 0 Å². The average Bonchev–Trinajstić information content (AvgIpc) is 1.97. The number of allylic oxidation sites excluding steroid dienone is 3.